The number of hydrogen-bond acceptors (Lipinski definition) is 5. The number of carboxylic acid groups (broad SMARTS) is 1. The van der Waals surface area contributed by atoms with E-state index in [0.29, 0.717) is 22.9 Å². The molecule has 2 unspecified atom stereocenters. The summed E-state index contributed by atoms with van der Waals surface area (Å²) in [7, 11) is 1.37. The first kappa shape index (κ1) is 26.7. The zero-order chi connectivity index (χ0) is 25.8. The summed E-state index contributed by atoms with van der Waals surface area (Å²) in [6.45, 7) is 6.49. The van der Waals surface area contributed by atoms with Gasteiger partial charge in [0.05, 0.1) is 17.9 Å². The Hall–Kier alpha value is -2.91. The Morgan fingerprint density at radius 1 is 1.06 bits per heavy atom. The average molecular weight is 508 g/mol. The molecule has 1 heterocycles. The van der Waals surface area contributed by atoms with Crippen LogP contribution in [0.5, 0.6) is 5.75 Å². The second-order valence-corrected chi connectivity index (χ2v) is 9.65. The minimum Gasteiger partial charge on any atom is -0.493 e. The maximum Gasteiger partial charge on any atom is 0.416 e. The van der Waals surface area contributed by atoms with Gasteiger partial charge < -0.3 is 14.6 Å². The summed E-state index contributed by atoms with van der Waals surface area (Å²) in [6, 6.07) is 12.3. The Balaban J connectivity index is 1.70. The molecule has 3 aromatic rings. The van der Waals surface area contributed by atoms with Crippen LogP contribution in [0.25, 0.3) is 10.6 Å². The zero-order valence-corrected chi connectivity index (χ0v) is 20.7. The van der Waals surface area contributed by atoms with Crippen LogP contribution in [-0.2, 0) is 22.1 Å². The molecule has 0 radical (unpaired) electrons. The molecule has 0 bridgehead atoms. The number of benzene rings is 2. The van der Waals surface area contributed by atoms with Crippen LogP contribution < -0.4 is 4.74 Å². The van der Waals surface area contributed by atoms with E-state index in [0.717, 1.165) is 28.3 Å². The summed E-state index contributed by atoms with van der Waals surface area (Å²) >= 11 is 1.47. The van der Waals surface area contributed by atoms with Gasteiger partial charge >= 0.3 is 12.1 Å². The van der Waals surface area contributed by atoms with Gasteiger partial charge in [0.1, 0.15) is 10.8 Å². The summed E-state index contributed by atoms with van der Waals surface area (Å²) in [4.78, 5) is 16.9. The van der Waals surface area contributed by atoms with Crippen molar-refractivity contribution in [1.29, 1.82) is 0 Å². The smallest absolute Gasteiger partial charge is 0.416 e. The molecule has 0 saturated heterocycles. The van der Waals surface area contributed by atoms with Crippen LogP contribution in [0.2, 0.25) is 0 Å². The number of hydrogen-bond donors (Lipinski definition) is 1. The van der Waals surface area contributed by atoms with Crippen molar-refractivity contribution in [3.05, 3.63) is 70.2 Å². The van der Waals surface area contributed by atoms with E-state index < -0.39 is 23.8 Å². The molecule has 5 nitrogen and oxygen atoms in total. The van der Waals surface area contributed by atoms with Crippen LogP contribution in [0, 0.1) is 0 Å². The van der Waals surface area contributed by atoms with E-state index in [-0.39, 0.29) is 18.3 Å². The topological polar surface area (TPSA) is 68.7 Å². The van der Waals surface area contributed by atoms with Gasteiger partial charge in [-0.3, -0.25) is 0 Å². The van der Waals surface area contributed by atoms with Gasteiger partial charge in [-0.2, -0.15) is 13.2 Å². The van der Waals surface area contributed by atoms with Crippen LogP contribution >= 0.6 is 11.3 Å². The van der Waals surface area contributed by atoms with Crippen LogP contribution in [0.1, 0.15) is 54.3 Å². The highest BCUT2D eigenvalue weighted by molar-refractivity contribution is 7.15. The quantitative estimate of drug-likeness (QED) is 0.328. The average Bonchev–Trinajstić information content (AvgIpc) is 3.27. The fourth-order valence-electron chi connectivity index (χ4n) is 3.54. The zero-order valence-electron chi connectivity index (χ0n) is 19.9. The fraction of sp³-hybridized carbons (Fsp3) is 0.385. The monoisotopic (exact) mass is 507 g/mol. The van der Waals surface area contributed by atoms with Crippen molar-refractivity contribution in [1.82, 2.24) is 4.98 Å². The van der Waals surface area contributed by atoms with Crippen molar-refractivity contribution in [3.63, 3.8) is 0 Å². The molecule has 1 aromatic heterocycles. The van der Waals surface area contributed by atoms with Gasteiger partial charge in [-0.15, -0.1) is 11.3 Å². The van der Waals surface area contributed by atoms with Crippen molar-refractivity contribution in [3.8, 4) is 16.3 Å². The van der Waals surface area contributed by atoms with Crippen LogP contribution in [0.4, 0.5) is 13.2 Å². The van der Waals surface area contributed by atoms with E-state index in [2.05, 4.69) is 0 Å². The lowest BCUT2D eigenvalue weighted by atomic mass is 10.0. The number of ether oxygens (including phenoxy) is 2. The number of aromatic nitrogens is 1. The molecule has 188 valence electrons. The summed E-state index contributed by atoms with van der Waals surface area (Å²) in [5.74, 6) is -0.196. The van der Waals surface area contributed by atoms with E-state index in [1.54, 1.807) is 12.1 Å². The summed E-state index contributed by atoms with van der Waals surface area (Å²) in [5.41, 5.74) is 1.70. The van der Waals surface area contributed by atoms with E-state index in [4.69, 9.17) is 19.6 Å². The third-order valence-electron chi connectivity index (χ3n) is 5.54. The number of halogens is 3. The van der Waals surface area contributed by atoms with Crippen LogP contribution in [-0.4, -0.2) is 35.9 Å². The van der Waals surface area contributed by atoms with E-state index >= 15 is 0 Å². The van der Waals surface area contributed by atoms with Gasteiger partial charge in [0.15, 0.2) is 6.10 Å². The first-order chi connectivity index (χ1) is 16.5. The maximum absolute atomic E-state index is 12.9. The van der Waals surface area contributed by atoms with Crippen LogP contribution in [0.3, 0.4) is 0 Å². The molecule has 0 aliphatic rings. The third-order valence-corrected chi connectivity index (χ3v) is 6.89. The normalized spacial score (nSPS) is 13.6. The number of carbonyl (C=O) groups is 1. The predicted octanol–water partition coefficient (Wildman–Crippen LogP) is 6.78. The van der Waals surface area contributed by atoms with Crippen LogP contribution in [0.15, 0.2) is 48.5 Å². The molecule has 2 atom stereocenters. The molecule has 0 saturated carbocycles. The second kappa shape index (κ2) is 11.2. The van der Waals surface area contributed by atoms with Crippen molar-refractivity contribution in [2.75, 3.05) is 13.7 Å². The van der Waals surface area contributed by atoms with E-state index in [1.165, 1.54) is 30.6 Å². The molecular weight excluding hydrogens is 479 g/mol. The highest BCUT2D eigenvalue weighted by Gasteiger charge is 2.30. The predicted molar refractivity (Wildman–Crippen MR) is 129 cm³/mol. The summed E-state index contributed by atoms with van der Waals surface area (Å²) in [5, 5.41) is 9.80. The maximum atomic E-state index is 12.9. The standard InChI is InChI=1S/C26H28F3NO4S/c1-15(2)22-23(35-24(30-22)18-7-9-19(10-8-18)26(27,28)29)16(3)14-34-20-11-5-17(6-12-20)13-21(33-4)25(31)32/h5-12,15-16,21H,13-14H2,1-4H3,(H,31,32). The Kier molecular flexibility index (Phi) is 8.56. The Labute approximate surface area is 206 Å². The molecule has 2 aromatic carbocycles. The lowest BCUT2D eigenvalue weighted by Crippen LogP contribution is -2.24. The molecule has 0 aliphatic heterocycles. The lowest BCUT2D eigenvalue weighted by Gasteiger charge is -2.15. The van der Waals surface area contributed by atoms with Gasteiger partial charge in [-0.1, -0.05) is 45.0 Å². The molecular formula is C26H28F3NO4S. The number of aliphatic carboxylic acids is 1. The van der Waals surface area contributed by atoms with Gasteiger partial charge in [-0.25, -0.2) is 9.78 Å². The largest absolute Gasteiger partial charge is 0.493 e. The van der Waals surface area contributed by atoms with Gasteiger partial charge in [0.25, 0.3) is 0 Å². The number of carboxylic acids is 1. The minimum atomic E-state index is -4.37. The van der Waals surface area contributed by atoms with E-state index in [9.17, 15) is 18.0 Å². The van der Waals surface area contributed by atoms with E-state index in [1.807, 2.05) is 32.9 Å². The number of thiazole rings is 1. The first-order valence-corrected chi connectivity index (χ1v) is 12.0. The highest BCUT2D eigenvalue weighted by atomic mass is 32.1. The number of methoxy groups -OCH3 is 1. The molecule has 9 heteroatoms. The SMILES string of the molecule is COC(Cc1ccc(OCC(C)c2sc(-c3ccc(C(F)(F)F)cc3)nc2C(C)C)cc1)C(=O)O. The Morgan fingerprint density at radius 2 is 1.69 bits per heavy atom. The number of alkyl halides is 3. The minimum absolute atomic E-state index is 0.0117. The van der Waals surface area contributed by atoms with Gasteiger partial charge in [-0.05, 0) is 35.7 Å². The molecule has 1 N–H and O–H groups in total. The molecule has 0 spiro atoms. The van der Waals surface area contributed by atoms with Crippen molar-refractivity contribution >= 4 is 17.3 Å². The lowest BCUT2D eigenvalue weighted by molar-refractivity contribution is -0.148. The molecule has 0 amide bonds. The van der Waals surface area contributed by atoms with Crippen molar-refractivity contribution in [2.24, 2.45) is 0 Å². The molecule has 3 rings (SSSR count). The second-order valence-electron chi connectivity index (χ2n) is 8.62. The Morgan fingerprint density at radius 3 is 2.20 bits per heavy atom. The number of nitrogens with zero attached hydrogens (tertiary/aromatic N) is 1. The number of rotatable bonds is 10. The Bertz CT molecular complexity index is 1120. The summed E-state index contributed by atoms with van der Waals surface area (Å²) < 4.78 is 49.6. The van der Waals surface area contributed by atoms with Crippen molar-refractivity contribution in [2.45, 2.75) is 51.3 Å². The fourth-order valence-corrected chi connectivity index (χ4v) is 4.80. The van der Waals surface area contributed by atoms with Crippen molar-refractivity contribution < 1.29 is 32.5 Å². The summed E-state index contributed by atoms with van der Waals surface area (Å²) in [6.07, 6.45) is -5.02. The van der Waals surface area contributed by atoms with Gasteiger partial charge in [0.2, 0.25) is 0 Å². The molecule has 35 heavy (non-hydrogen) atoms. The molecule has 0 fully saturated rings. The molecule has 0 aliphatic carbocycles. The third kappa shape index (κ3) is 6.82. The van der Waals surface area contributed by atoms with Gasteiger partial charge in [0, 0.05) is 29.9 Å². The highest BCUT2D eigenvalue weighted by Crippen LogP contribution is 2.38. The first-order valence-electron chi connectivity index (χ1n) is 11.1.